The zero-order valence-corrected chi connectivity index (χ0v) is 10.00. The molecule has 1 fully saturated rings. The summed E-state index contributed by atoms with van der Waals surface area (Å²) in [5.74, 6) is 0.0270. The Morgan fingerprint density at radius 2 is 2.25 bits per heavy atom. The molecule has 0 saturated carbocycles. The molecule has 0 radical (unpaired) electrons. The molecule has 2 rings (SSSR count). The van der Waals surface area contributed by atoms with E-state index in [9.17, 15) is 4.79 Å². The van der Waals surface area contributed by atoms with Gasteiger partial charge in [0.05, 0.1) is 0 Å². The lowest BCUT2D eigenvalue weighted by atomic mass is 10.1. The first kappa shape index (κ1) is 11.3. The molecule has 0 spiro atoms. The van der Waals surface area contributed by atoms with Crippen LogP contribution >= 0.6 is 11.6 Å². The van der Waals surface area contributed by atoms with Gasteiger partial charge in [-0.1, -0.05) is 11.6 Å². The average molecular weight is 239 g/mol. The molecule has 1 aliphatic heterocycles. The zero-order valence-electron chi connectivity index (χ0n) is 9.24. The number of halogens is 1. The number of anilines is 1. The first-order valence-corrected chi connectivity index (χ1v) is 5.83. The van der Waals surface area contributed by atoms with Gasteiger partial charge >= 0.3 is 0 Å². The molecule has 16 heavy (non-hydrogen) atoms. The molecule has 1 aliphatic rings. The highest BCUT2D eigenvalue weighted by Gasteiger charge is 2.26. The van der Waals surface area contributed by atoms with Crippen molar-refractivity contribution in [1.82, 2.24) is 4.90 Å². The van der Waals surface area contributed by atoms with Crippen molar-refractivity contribution in [3.63, 3.8) is 0 Å². The number of carbonyl (C=O) groups is 1. The van der Waals surface area contributed by atoms with Gasteiger partial charge in [0.15, 0.2) is 0 Å². The van der Waals surface area contributed by atoms with E-state index in [0.717, 1.165) is 19.4 Å². The van der Waals surface area contributed by atoms with Crippen molar-refractivity contribution < 1.29 is 4.79 Å². The van der Waals surface area contributed by atoms with E-state index in [1.165, 1.54) is 0 Å². The van der Waals surface area contributed by atoms with Crippen molar-refractivity contribution >= 4 is 23.2 Å². The number of nitrogens with zero attached hydrogens (tertiary/aromatic N) is 1. The van der Waals surface area contributed by atoms with E-state index in [2.05, 4.69) is 6.92 Å². The number of likely N-dealkylation sites (tertiary alicyclic amines) is 1. The van der Waals surface area contributed by atoms with Gasteiger partial charge in [-0.05, 0) is 38.0 Å². The number of hydrogen-bond acceptors (Lipinski definition) is 2. The third kappa shape index (κ3) is 2.14. The summed E-state index contributed by atoms with van der Waals surface area (Å²) in [6.07, 6.45) is 2.14. The minimum atomic E-state index is 0.0270. The fraction of sp³-hybridized carbons (Fsp3) is 0.417. The lowest BCUT2D eigenvalue weighted by molar-refractivity contribution is 0.0747. The molecule has 0 bridgehead atoms. The highest BCUT2D eigenvalue weighted by atomic mass is 35.5. The maximum absolute atomic E-state index is 12.2. The fourth-order valence-corrected chi connectivity index (χ4v) is 2.38. The molecule has 1 amide bonds. The molecule has 1 unspecified atom stereocenters. The molecule has 86 valence electrons. The Balaban J connectivity index is 2.26. The molecule has 2 N–H and O–H groups in total. The zero-order chi connectivity index (χ0) is 11.7. The Labute approximate surface area is 100 Å². The van der Waals surface area contributed by atoms with E-state index in [0.29, 0.717) is 22.3 Å². The van der Waals surface area contributed by atoms with Crippen molar-refractivity contribution in [2.45, 2.75) is 25.8 Å². The van der Waals surface area contributed by atoms with Crippen LogP contribution in [0.3, 0.4) is 0 Å². The third-order valence-electron chi connectivity index (χ3n) is 2.98. The van der Waals surface area contributed by atoms with E-state index in [1.807, 2.05) is 4.90 Å². The van der Waals surface area contributed by atoms with E-state index in [4.69, 9.17) is 17.3 Å². The van der Waals surface area contributed by atoms with Gasteiger partial charge in [-0.25, -0.2) is 0 Å². The number of benzene rings is 1. The molecular formula is C12H15ClN2O. The fourth-order valence-electron chi connectivity index (χ4n) is 2.14. The van der Waals surface area contributed by atoms with Crippen LogP contribution in [-0.4, -0.2) is 23.4 Å². The second-order valence-electron chi connectivity index (χ2n) is 4.26. The number of carbonyl (C=O) groups excluding carboxylic acids is 1. The van der Waals surface area contributed by atoms with E-state index < -0.39 is 0 Å². The summed E-state index contributed by atoms with van der Waals surface area (Å²) in [4.78, 5) is 14.1. The minimum absolute atomic E-state index is 0.0270. The quantitative estimate of drug-likeness (QED) is 0.765. The van der Waals surface area contributed by atoms with E-state index in [-0.39, 0.29) is 5.91 Å². The summed E-state index contributed by atoms with van der Waals surface area (Å²) < 4.78 is 0. The van der Waals surface area contributed by atoms with Gasteiger partial charge in [-0.2, -0.15) is 0 Å². The molecule has 1 saturated heterocycles. The smallest absolute Gasteiger partial charge is 0.254 e. The Morgan fingerprint density at radius 3 is 2.81 bits per heavy atom. The van der Waals surface area contributed by atoms with Crippen LogP contribution in [0.25, 0.3) is 0 Å². The Morgan fingerprint density at radius 1 is 1.50 bits per heavy atom. The van der Waals surface area contributed by atoms with Crippen LogP contribution in [-0.2, 0) is 0 Å². The highest BCUT2D eigenvalue weighted by molar-refractivity contribution is 6.31. The molecule has 3 nitrogen and oxygen atoms in total. The van der Waals surface area contributed by atoms with Gasteiger partial charge in [0.25, 0.3) is 5.91 Å². The first-order valence-electron chi connectivity index (χ1n) is 5.45. The number of amides is 1. The molecule has 4 heteroatoms. The van der Waals surface area contributed by atoms with E-state index >= 15 is 0 Å². The third-order valence-corrected chi connectivity index (χ3v) is 3.20. The summed E-state index contributed by atoms with van der Waals surface area (Å²) >= 11 is 5.89. The standard InChI is InChI=1S/C12H15ClN2O/c1-8-3-2-4-15(8)12(16)9-5-10(13)7-11(14)6-9/h5-8H,2-4,14H2,1H3. The van der Waals surface area contributed by atoms with Crippen molar-refractivity contribution in [2.24, 2.45) is 0 Å². The normalized spacial score (nSPS) is 20.1. The van der Waals surface area contributed by atoms with Gasteiger partial charge in [0.2, 0.25) is 0 Å². The SMILES string of the molecule is CC1CCCN1C(=O)c1cc(N)cc(Cl)c1. The van der Waals surface area contributed by atoms with Crippen molar-refractivity contribution in [2.75, 3.05) is 12.3 Å². The largest absolute Gasteiger partial charge is 0.399 e. The summed E-state index contributed by atoms with van der Waals surface area (Å²) in [6, 6.07) is 5.31. The molecule has 0 aromatic heterocycles. The number of hydrogen-bond donors (Lipinski definition) is 1. The maximum atomic E-state index is 12.2. The second kappa shape index (κ2) is 4.34. The molecule has 1 aromatic carbocycles. The van der Waals surface area contributed by atoms with Gasteiger partial charge in [-0.15, -0.1) is 0 Å². The number of rotatable bonds is 1. The molecule has 1 aromatic rings. The van der Waals surface area contributed by atoms with Crippen LogP contribution < -0.4 is 5.73 Å². The van der Waals surface area contributed by atoms with Crippen molar-refractivity contribution in [1.29, 1.82) is 0 Å². The van der Waals surface area contributed by atoms with Gasteiger partial charge in [-0.3, -0.25) is 4.79 Å². The maximum Gasteiger partial charge on any atom is 0.254 e. The molecular weight excluding hydrogens is 224 g/mol. The minimum Gasteiger partial charge on any atom is -0.399 e. The predicted molar refractivity (Wildman–Crippen MR) is 65.6 cm³/mol. The monoisotopic (exact) mass is 238 g/mol. The number of nitrogen functional groups attached to an aromatic ring is 1. The van der Waals surface area contributed by atoms with Crippen LogP contribution in [0.2, 0.25) is 5.02 Å². The lowest BCUT2D eigenvalue weighted by Crippen LogP contribution is -2.33. The topological polar surface area (TPSA) is 46.3 Å². The van der Waals surface area contributed by atoms with Crippen LogP contribution in [0.1, 0.15) is 30.1 Å². The molecule has 0 aliphatic carbocycles. The van der Waals surface area contributed by atoms with Crippen LogP contribution in [0.15, 0.2) is 18.2 Å². The van der Waals surface area contributed by atoms with Gasteiger partial charge in [0.1, 0.15) is 0 Å². The second-order valence-corrected chi connectivity index (χ2v) is 4.70. The highest BCUT2D eigenvalue weighted by Crippen LogP contribution is 2.22. The average Bonchev–Trinajstić information content (AvgIpc) is 2.62. The van der Waals surface area contributed by atoms with Crippen molar-refractivity contribution in [3.05, 3.63) is 28.8 Å². The predicted octanol–water partition coefficient (Wildman–Crippen LogP) is 2.55. The number of nitrogens with two attached hydrogens (primary N) is 1. The lowest BCUT2D eigenvalue weighted by Gasteiger charge is -2.21. The van der Waals surface area contributed by atoms with Gasteiger partial charge in [0, 0.05) is 28.9 Å². The van der Waals surface area contributed by atoms with Gasteiger partial charge < -0.3 is 10.6 Å². The summed E-state index contributed by atoms with van der Waals surface area (Å²) in [5.41, 5.74) is 6.79. The van der Waals surface area contributed by atoms with Crippen LogP contribution in [0.5, 0.6) is 0 Å². The Hall–Kier alpha value is -1.22. The van der Waals surface area contributed by atoms with Crippen molar-refractivity contribution in [3.8, 4) is 0 Å². The molecule has 1 heterocycles. The Kier molecular flexibility index (Phi) is 3.06. The summed E-state index contributed by atoms with van der Waals surface area (Å²) in [5, 5.41) is 0.509. The van der Waals surface area contributed by atoms with E-state index in [1.54, 1.807) is 18.2 Å². The Bertz CT molecular complexity index is 399. The first-order chi connectivity index (χ1) is 7.58. The molecule has 1 atom stereocenters. The van der Waals surface area contributed by atoms with Crippen LogP contribution in [0, 0.1) is 0 Å². The van der Waals surface area contributed by atoms with Crippen LogP contribution in [0.4, 0.5) is 5.69 Å². The summed E-state index contributed by atoms with van der Waals surface area (Å²) in [7, 11) is 0. The summed E-state index contributed by atoms with van der Waals surface area (Å²) in [6.45, 7) is 2.89.